The third-order valence-corrected chi connectivity index (χ3v) is 3.53. The molecule has 0 aliphatic carbocycles. The monoisotopic (exact) mass is 282 g/mol. The molecule has 4 nitrogen and oxygen atoms in total. The Hall–Kier alpha value is -1.26. The molecule has 1 aromatic carbocycles. The zero-order chi connectivity index (χ0) is 13.8. The van der Waals surface area contributed by atoms with Crippen molar-refractivity contribution < 1.29 is 9.53 Å². The van der Waals surface area contributed by atoms with E-state index in [4.69, 9.17) is 22.1 Å². The van der Waals surface area contributed by atoms with Crippen LogP contribution in [-0.4, -0.2) is 36.5 Å². The average Bonchev–Trinajstić information content (AvgIpc) is 2.37. The number of rotatable bonds is 3. The number of amides is 1. The molecule has 2 N–H and O–H groups in total. The number of aryl methyl sites for hydroxylation is 1. The van der Waals surface area contributed by atoms with Crippen LogP contribution in [0.25, 0.3) is 0 Å². The van der Waals surface area contributed by atoms with Gasteiger partial charge in [-0.05, 0) is 43.5 Å². The van der Waals surface area contributed by atoms with Crippen LogP contribution >= 0.6 is 11.6 Å². The summed E-state index contributed by atoms with van der Waals surface area (Å²) in [5, 5.41) is 0.665. The number of ether oxygens (including phenoxy) is 1. The Balaban J connectivity index is 1.89. The maximum Gasteiger partial charge on any atom is 0.260 e. The summed E-state index contributed by atoms with van der Waals surface area (Å²) in [4.78, 5) is 13.8. The first kappa shape index (κ1) is 14.2. The Kier molecular flexibility index (Phi) is 4.66. The minimum absolute atomic E-state index is 0.00972. The van der Waals surface area contributed by atoms with Crippen LogP contribution in [0.2, 0.25) is 5.02 Å². The molecule has 1 heterocycles. The van der Waals surface area contributed by atoms with Gasteiger partial charge < -0.3 is 15.4 Å². The van der Waals surface area contributed by atoms with E-state index in [0.29, 0.717) is 17.3 Å². The molecule has 19 heavy (non-hydrogen) atoms. The average molecular weight is 283 g/mol. The van der Waals surface area contributed by atoms with E-state index in [1.807, 2.05) is 13.0 Å². The third-order valence-electron chi connectivity index (χ3n) is 3.30. The number of carbonyl (C=O) groups excluding carboxylic acids is 1. The summed E-state index contributed by atoms with van der Waals surface area (Å²) in [6.07, 6.45) is 1.95. The summed E-state index contributed by atoms with van der Waals surface area (Å²) < 4.78 is 5.55. The summed E-state index contributed by atoms with van der Waals surface area (Å²) in [5.41, 5.74) is 6.79. The zero-order valence-corrected chi connectivity index (χ0v) is 11.8. The van der Waals surface area contributed by atoms with Crippen molar-refractivity contribution in [1.29, 1.82) is 0 Å². The van der Waals surface area contributed by atoms with Gasteiger partial charge >= 0.3 is 0 Å². The number of nitrogens with zero attached hydrogens (tertiary/aromatic N) is 1. The van der Waals surface area contributed by atoms with E-state index in [9.17, 15) is 4.79 Å². The maximum absolute atomic E-state index is 12.0. The van der Waals surface area contributed by atoms with Crippen LogP contribution < -0.4 is 10.5 Å². The molecular formula is C14H19ClN2O2. The first-order valence-corrected chi connectivity index (χ1v) is 6.86. The minimum Gasteiger partial charge on any atom is -0.483 e. The highest BCUT2D eigenvalue weighted by molar-refractivity contribution is 6.30. The molecule has 1 aromatic rings. The van der Waals surface area contributed by atoms with E-state index >= 15 is 0 Å². The lowest BCUT2D eigenvalue weighted by Gasteiger charge is -2.30. The lowest BCUT2D eigenvalue weighted by atomic mass is 10.1. The van der Waals surface area contributed by atoms with E-state index in [-0.39, 0.29) is 18.6 Å². The molecule has 0 bridgehead atoms. The summed E-state index contributed by atoms with van der Waals surface area (Å²) in [5.74, 6) is 0.684. The molecule has 1 saturated heterocycles. The molecule has 1 unspecified atom stereocenters. The number of nitrogens with two attached hydrogens (primary N) is 1. The van der Waals surface area contributed by atoms with Crippen LogP contribution in [0.15, 0.2) is 18.2 Å². The van der Waals surface area contributed by atoms with Crippen LogP contribution in [0.3, 0.4) is 0 Å². The normalized spacial score (nSPS) is 19.3. The first-order chi connectivity index (χ1) is 9.06. The SMILES string of the molecule is Cc1cc(Cl)ccc1OCC(=O)N1CCCC(N)C1. The number of hydrogen-bond acceptors (Lipinski definition) is 3. The molecule has 1 fully saturated rings. The summed E-state index contributed by atoms with van der Waals surface area (Å²) >= 11 is 5.87. The maximum atomic E-state index is 12.0. The van der Waals surface area contributed by atoms with Gasteiger partial charge in [0.1, 0.15) is 5.75 Å². The number of halogens is 1. The highest BCUT2D eigenvalue weighted by Gasteiger charge is 2.21. The van der Waals surface area contributed by atoms with E-state index in [1.165, 1.54) is 0 Å². The number of hydrogen-bond donors (Lipinski definition) is 1. The zero-order valence-electron chi connectivity index (χ0n) is 11.1. The molecule has 1 amide bonds. The second-order valence-corrected chi connectivity index (χ2v) is 5.38. The van der Waals surface area contributed by atoms with Crippen molar-refractivity contribution in [3.8, 4) is 5.75 Å². The Morgan fingerprint density at radius 3 is 3.05 bits per heavy atom. The molecule has 1 atom stereocenters. The van der Waals surface area contributed by atoms with Crippen LogP contribution in [0, 0.1) is 6.92 Å². The lowest BCUT2D eigenvalue weighted by Crippen LogP contribution is -2.47. The van der Waals surface area contributed by atoms with Gasteiger partial charge in [-0.15, -0.1) is 0 Å². The quantitative estimate of drug-likeness (QED) is 0.922. The van der Waals surface area contributed by atoms with Gasteiger partial charge in [0.2, 0.25) is 0 Å². The number of likely N-dealkylation sites (tertiary alicyclic amines) is 1. The van der Waals surface area contributed by atoms with Crippen molar-refractivity contribution in [3.63, 3.8) is 0 Å². The fourth-order valence-electron chi connectivity index (χ4n) is 2.24. The molecule has 0 spiro atoms. The van der Waals surface area contributed by atoms with Crippen molar-refractivity contribution in [2.75, 3.05) is 19.7 Å². The largest absolute Gasteiger partial charge is 0.483 e. The molecule has 1 aliphatic heterocycles. The van der Waals surface area contributed by atoms with E-state index in [0.717, 1.165) is 24.9 Å². The van der Waals surface area contributed by atoms with E-state index in [1.54, 1.807) is 17.0 Å². The second-order valence-electron chi connectivity index (χ2n) is 4.94. The minimum atomic E-state index is -0.00972. The molecule has 0 radical (unpaired) electrons. The Morgan fingerprint density at radius 2 is 2.37 bits per heavy atom. The van der Waals surface area contributed by atoms with Gasteiger partial charge in [0.15, 0.2) is 6.61 Å². The molecule has 0 aromatic heterocycles. The highest BCUT2D eigenvalue weighted by atomic mass is 35.5. The van der Waals surface area contributed by atoms with Gasteiger partial charge in [-0.3, -0.25) is 4.79 Å². The van der Waals surface area contributed by atoms with E-state index < -0.39 is 0 Å². The second kappa shape index (κ2) is 6.26. The standard InChI is InChI=1S/C14H19ClN2O2/c1-10-7-11(15)4-5-13(10)19-9-14(18)17-6-2-3-12(16)8-17/h4-5,7,12H,2-3,6,8-9,16H2,1H3. The van der Waals surface area contributed by atoms with Gasteiger partial charge in [0.05, 0.1) is 0 Å². The van der Waals surface area contributed by atoms with Crippen molar-refractivity contribution >= 4 is 17.5 Å². The number of piperidine rings is 1. The summed E-state index contributed by atoms with van der Waals surface area (Å²) in [7, 11) is 0. The Bertz CT molecular complexity index is 465. The number of carbonyl (C=O) groups is 1. The van der Waals surface area contributed by atoms with Crippen molar-refractivity contribution in [1.82, 2.24) is 4.90 Å². The van der Waals surface area contributed by atoms with Gasteiger partial charge in [0.25, 0.3) is 5.91 Å². The van der Waals surface area contributed by atoms with Crippen molar-refractivity contribution in [2.45, 2.75) is 25.8 Å². The Labute approximate surface area is 118 Å². The van der Waals surface area contributed by atoms with Gasteiger partial charge in [-0.2, -0.15) is 0 Å². The van der Waals surface area contributed by atoms with Crippen molar-refractivity contribution in [3.05, 3.63) is 28.8 Å². The Morgan fingerprint density at radius 1 is 1.58 bits per heavy atom. The van der Waals surface area contributed by atoms with Crippen LogP contribution in [0.5, 0.6) is 5.75 Å². The van der Waals surface area contributed by atoms with E-state index in [2.05, 4.69) is 0 Å². The van der Waals surface area contributed by atoms with Crippen LogP contribution in [0.1, 0.15) is 18.4 Å². The van der Waals surface area contributed by atoms with Gasteiger partial charge in [0, 0.05) is 24.2 Å². The van der Waals surface area contributed by atoms with Gasteiger partial charge in [-0.1, -0.05) is 11.6 Å². The summed E-state index contributed by atoms with van der Waals surface area (Å²) in [6, 6.07) is 5.45. The third kappa shape index (κ3) is 3.85. The smallest absolute Gasteiger partial charge is 0.260 e. The fraction of sp³-hybridized carbons (Fsp3) is 0.500. The predicted octanol–water partition coefficient (Wildman–Crippen LogP) is 1.98. The highest BCUT2D eigenvalue weighted by Crippen LogP contribution is 2.21. The van der Waals surface area contributed by atoms with Gasteiger partial charge in [-0.25, -0.2) is 0 Å². The van der Waals surface area contributed by atoms with Crippen molar-refractivity contribution in [2.24, 2.45) is 5.73 Å². The van der Waals surface area contributed by atoms with Crippen LogP contribution in [-0.2, 0) is 4.79 Å². The molecule has 5 heteroatoms. The number of benzene rings is 1. The fourth-order valence-corrected chi connectivity index (χ4v) is 2.47. The topological polar surface area (TPSA) is 55.6 Å². The summed E-state index contributed by atoms with van der Waals surface area (Å²) in [6.45, 7) is 3.36. The molecule has 104 valence electrons. The molecule has 2 rings (SSSR count). The first-order valence-electron chi connectivity index (χ1n) is 6.48. The predicted molar refractivity (Wildman–Crippen MR) is 75.5 cm³/mol. The van der Waals surface area contributed by atoms with Crippen LogP contribution in [0.4, 0.5) is 0 Å². The molecule has 0 saturated carbocycles. The molecular weight excluding hydrogens is 264 g/mol. The molecule has 1 aliphatic rings. The lowest BCUT2D eigenvalue weighted by molar-refractivity contribution is -0.134.